The molecule has 94 valence electrons. The minimum atomic E-state index is 0.0211. The van der Waals surface area contributed by atoms with Crippen LogP contribution >= 0.6 is 11.6 Å². The highest BCUT2D eigenvalue weighted by molar-refractivity contribution is 6.30. The quantitative estimate of drug-likeness (QED) is 0.767. The van der Waals surface area contributed by atoms with Crippen molar-refractivity contribution >= 4 is 23.2 Å². The Bertz CT molecular complexity index is 380. The van der Waals surface area contributed by atoms with Crippen molar-refractivity contribution in [3.05, 3.63) is 28.8 Å². The Labute approximate surface area is 108 Å². The minimum Gasteiger partial charge on any atom is -0.376 e. The summed E-state index contributed by atoms with van der Waals surface area (Å²) in [6, 6.07) is 5.57. The molecule has 17 heavy (non-hydrogen) atoms. The lowest BCUT2D eigenvalue weighted by molar-refractivity contribution is -0.119. The minimum absolute atomic E-state index is 0.0211. The summed E-state index contributed by atoms with van der Waals surface area (Å²) in [5.74, 6) is 0.0211. The SMILES string of the molecule is CCCCNC(=O)CNc1ccc(Cl)cc1C. The molecule has 0 radical (unpaired) electrons. The van der Waals surface area contributed by atoms with Gasteiger partial charge in [0.2, 0.25) is 5.91 Å². The van der Waals surface area contributed by atoms with Gasteiger partial charge >= 0.3 is 0 Å². The first kappa shape index (κ1) is 13.8. The number of carbonyl (C=O) groups excluding carboxylic acids is 1. The number of nitrogens with one attached hydrogen (secondary N) is 2. The first-order valence-electron chi connectivity index (χ1n) is 5.90. The van der Waals surface area contributed by atoms with Crippen LogP contribution in [0.3, 0.4) is 0 Å². The summed E-state index contributed by atoms with van der Waals surface area (Å²) >= 11 is 5.86. The molecule has 0 aromatic heterocycles. The molecule has 0 unspecified atom stereocenters. The largest absolute Gasteiger partial charge is 0.376 e. The molecule has 0 saturated heterocycles. The molecule has 0 bridgehead atoms. The number of benzene rings is 1. The molecule has 0 aliphatic rings. The molecule has 0 atom stereocenters. The molecule has 0 spiro atoms. The highest BCUT2D eigenvalue weighted by atomic mass is 35.5. The Balaban J connectivity index is 2.37. The van der Waals surface area contributed by atoms with Gasteiger partial charge in [0, 0.05) is 17.3 Å². The van der Waals surface area contributed by atoms with E-state index in [0.717, 1.165) is 30.6 Å². The van der Waals surface area contributed by atoms with Gasteiger partial charge in [0.1, 0.15) is 0 Å². The third kappa shape index (κ3) is 5.09. The van der Waals surface area contributed by atoms with Gasteiger partial charge < -0.3 is 10.6 Å². The molecule has 0 aliphatic heterocycles. The maximum atomic E-state index is 11.5. The fourth-order valence-corrected chi connectivity index (χ4v) is 1.69. The van der Waals surface area contributed by atoms with Gasteiger partial charge in [0.25, 0.3) is 0 Å². The second kappa shape index (κ2) is 7.17. The number of hydrogen-bond donors (Lipinski definition) is 2. The molecule has 1 aromatic carbocycles. The zero-order chi connectivity index (χ0) is 12.7. The maximum Gasteiger partial charge on any atom is 0.239 e. The highest BCUT2D eigenvalue weighted by Gasteiger charge is 2.02. The molecular weight excluding hydrogens is 236 g/mol. The molecule has 0 aliphatic carbocycles. The van der Waals surface area contributed by atoms with Gasteiger partial charge in [-0.15, -0.1) is 0 Å². The average molecular weight is 255 g/mol. The predicted molar refractivity (Wildman–Crippen MR) is 72.6 cm³/mol. The van der Waals surface area contributed by atoms with E-state index < -0.39 is 0 Å². The topological polar surface area (TPSA) is 41.1 Å². The van der Waals surface area contributed by atoms with Crippen molar-refractivity contribution in [3.8, 4) is 0 Å². The monoisotopic (exact) mass is 254 g/mol. The molecule has 0 heterocycles. The van der Waals surface area contributed by atoms with E-state index in [4.69, 9.17) is 11.6 Å². The first-order chi connectivity index (χ1) is 8.13. The van der Waals surface area contributed by atoms with Crippen LogP contribution in [0.1, 0.15) is 25.3 Å². The van der Waals surface area contributed by atoms with E-state index >= 15 is 0 Å². The number of unbranched alkanes of at least 4 members (excludes halogenated alkanes) is 1. The molecule has 0 saturated carbocycles. The number of aryl methyl sites for hydroxylation is 1. The Hall–Kier alpha value is -1.22. The van der Waals surface area contributed by atoms with Gasteiger partial charge in [-0.3, -0.25) is 4.79 Å². The zero-order valence-corrected chi connectivity index (χ0v) is 11.1. The fourth-order valence-electron chi connectivity index (χ4n) is 1.47. The van der Waals surface area contributed by atoms with E-state index in [9.17, 15) is 4.79 Å². The van der Waals surface area contributed by atoms with E-state index in [1.54, 1.807) is 0 Å². The third-order valence-corrected chi connectivity index (χ3v) is 2.72. The number of anilines is 1. The Kier molecular flexibility index (Phi) is 5.84. The van der Waals surface area contributed by atoms with Crippen molar-refractivity contribution in [2.45, 2.75) is 26.7 Å². The highest BCUT2D eigenvalue weighted by Crippen LogP contribution is 2.19. The Morgan fingerprint density at radius 2 is 2.18 bits per heavy atom. The lowest BCUT2D eigenvalue weighted by Gasteiger charge is -2.10. The van der Waals surface area contributed by atoms with Crippen LogP contribution in [0, 0.1) is 6.92 Å². The van der Waals surface area contributed by atoms with Crippen LogP contribution in [0.25, 0.3) is 0 Å². The summed E-state index contributed by atoms with van der Waals surface area (Å²) in [4.78, 5) is 11.5. The maximum absolute atomic E-state index is 11.5. The normalized spacial score (nSPS) is 10.1. The fraction of sp³-hybridized carbons (Fsp3) is 0.462. The summed E-state index contributed by atoms with van der Waals surface area (Å²) in [7, 11) is 0. The zero-order valence-electron chi connectivity index (χ0n) is 10.3. The molecule has 3 nitrogen and oxygen atoms in total. The summed E-state index contributed by atoms with van der Waals surface area (Å²) in [6.07, 6.45) is 2.11. The average Bonchev–Trinajstić information content (AvgIpc) is 2.28. The van der Waals surface area contributed by atoms with Gasteiger partial charge in [-0.2, -0.15) is 0 Å². The van der Waals surface area contributed by atoms with Crippen molar-refractivity contribution in [2.75, 3.05) is 18.4 Å². The van der Waals surface area contributed by atoms with Crippen LogP contribution < -0.4 is 10.6 Å². The Morgan fingerprint density at radius 3 is 2.82 bits per heavy atom. The predicted octanol–water partition coefficient (Wildman–Crippen LogP) is 2.98. The van der Waals surface area contributed by atoms with Crippen LogP contribution in [0.4, 0.5) is 5.69 Å². The third-order valence-electron chi connectivity index (χ3n) is 2.48. The van der Waals surface area contributed by atoms with Crippen LogP contribution in [0.15, 0.2) is 18.2 Å². The van der Waals surface area contributed by atoms with Gasteiger partial charge in [0.15, 0.2) is 0 Å². The van der Waals surface area contributed by atoms with Gasteiger partial charge in [-0.1, -0.05) is 24.9 Å². The molecule has 1 amide bonds. The van der Waals surface area contributed by atoms with Crippen molar-refractivity contribution in [3.63, 3.8) is 0 Å². The first-order valence-corrected chi connectivity index (χ1v) is 6.28. The van der Waals surface area contributed by atoms with E-state index in [-0.39, 0.29) is 5.91 Å². The van der Waals surface area contributed by atoms with Crippen molar-refractivity contribution in [2.24, 2.45) is 0 Å². The van der Waals surface area contributed by atoms with Gasteiger partial charge in [0.05, 0.1) is 6.54 Å². The number of halogens is 1. The van der Waals surface area contributed by atoms with E-state index in [1.165, 1.54) is 0 Å². The smallest absolute Gasteiger partial charge is 0.239 e. The van der Waals surface area contributed by atoms with Gasteiger partial charge in [-0.25, -0.2) is 0 Å². The van der Waals surface area contributed by atoms with Gasteiger partial charge in [-0.05, 0) is 37.1 Å². The lowest BCUT2D eigenvalue weighted by atomic mass is 10.2. The van der Waals surface area contributed by atoms with E-state index in [0.29, 0.717) is 11.6 Å². The molecule has 2 N–H and O–H groups in total. The summed E-state index contributed by atoms with van der Waals surface area (Å²) < 4.78 is 0. The van der Waals surface area contributed by atoms with Crippen molar-refractivity contribution < 1.29 is 4.79 Å². The van der Waals surface area contributed by atoms with Crippen LogP contribution in [-0.2, 0) is 4.79 Å². The standard InChI is InChI=1S/C13H19ClN2O/c1-3-4-7-15-13(17)9-16-12-6-5-11(14)8-10(12)2/h5-6,8,16H,3-4,7,9H2,1-2H3,(H,15,17). The van der Waals surface area contributed by atoms with Crippen molar-refractivity contribution in [1.29, 1.82) is 0 Å². The summed E-state index contributed by atoms with van der Waals surface area (Å²) in [6.45, 7) is 5.10. The number of rotatable bonds is 6. The summed E-state index contributed by atoms with van der Waals surface area (Å²) in [5, 5.41) is 6.66. The van der Waals surface area contributed by atoms with E-state index in [1.807, 2.05) is 25.1 Å². The second-order valence-electron chi connectivity index (χ2n) is 4.02. The summed E-state index contributed by atoms with van der Waals surface area (Å²) in [5.41, 5.74) is 1.99. The molecule has 0 fully saturated rings. The number of hydrogen-bond acceptors (Lipinski definition) is 2. The second-order valence-corrected chi connectivity index (χ2v) is 4.45. The van der Waals surface area contributed by atoms with Crippen LogP contribution in [-0.4, -0.2) is 19.0 Å². The van der Waals surface area contributed by atoms with Crippen molar-refractivity contribution in [1.82, 2.24) is 5.32 Å². The number of carbonyl (C=O) groups is 1. The Morgan fingerprint density at radius 1 is 1.41 bits per heavy atom. The van der Waals surface area contributed by atoms with Crippen LogP contribution in [0.2, 0.25) is 5.02 Å². The number of amides is 1. The molecule has 1 aromatic rings. The van der Waals surface area contributed by atoms with E-state index in [2.05, 4.69) is 17.6 Å². The molecule has 4 heteroatoms. The molecule has 1 rings (SSSR count). The lowest BCUT2D eigenvalue weighted by Crippen LogP contribution is -2.30. The molecular formula is C13H19ClN2O. The van der Waals surface area contributed by atoms with Crippen LogP contribution in [0.5, 0.6) is 0 Å².